The molecule has 0 heterocycles. The molecule has 2 aromatic carbocycles. The Labute approximate surface area is 125 Å². The van der Waals surface area contributed by atoms with Crippen LogP contribution in [-0.2, 0) is 0 Å². The maximum atomic E-state index is 9.10. The minimum Gasteiger partial charge on any atom is -0.423 e. The van der Waals surface area contributed by atoms with Crippen LogP contribution in [0.15, 0.2) is 42.5 Å². The molecule has 0 spiro atoms. The van der Waals surface area contributed by atoms with Crippen LogP contribution < -0.4 is 5.46 Å². The van der Waals surface area contributed by atoms with Crippen LogP contribution in [0.1, 0.15) is 27.7 Å². The maximum Gasteiger partial charge on any atom is 0.488 e. The van der Waals surface area contributed by atoms with Gasteiger partial charge in [-0.25, -0.2) is 0 Å². The van der Waals surface area contributed by atoms with Crippen molar-refractivity contribution < 1.29 is 20.3 Å². The largest absolute Gasteiger partial charge is 0.488 e. The molecule has 0 aliphatic carbocycles. The predicted molar refractivity (Wildman–Crippen MR) is 86.4 cm³/mol. The predicted octanol–water partition coefficient (Wildman–Crippen LogP) is 1.05. The first kappa shape index (κ1) is 17.7. The number of rotatable bonds is 2. The van der Waals surface area contributed by atoms with Crippen molar-refractivity contribution in [3.8, 4) is 0 Å². The van der Waals surface area contributed by atoms with Crippen LogP contribution in [0.5, 0.6) is 0 Å². The highest BCUT2D eigenvalue weighted by atomic mass is 16.4. The van der Waals surface area contributed by atoms with Gasteiger partial charge in [-0.05, 0) is 43.9 Å². The molecule has 2 rings (SSSR count). The zero-order valence-corrected chi connectivity index (χ0v) is 12.9. The van der Waals surface area contributed by atoms with Crippen molar-refractivity contribution in [1.29, 1.82) is 0 Å². The van der Waals surface area contributed by atoms with Gasteiger partial charge in [0.15, 0.2) is 0 Å². The average Bonchev–Trinajstić information content (AvgIpc) is 2.36. The Balaban J connectivity index is 0.000000240. The molecular weight excluding hydrogens is 267 g/mol. The van der Waals surface area contributed by atoms with Gasteiger partial charge in [-0.15, -0.1) is 0 Å². The summed E-state index contributed by atoms with van der Waals surface area (Å²) in [4.78, 5) is 0. The summed E-state index contributed by atoms with van der Waals surface area (Å²) in [5.74, 6) is 0. The molecule has 0 aromatic heterocycles. The van der Waals surface area contributed by atoms with E-state index in [2.05, 4.69) is 0 Å². The van der Waals surface area contributed by atoms with Crippen molar-refractivity contribution in [3.05, 3.63) is 42.5 Å². The molecule has 114 valence electrons. The molecule has 0 unspecified atom stereocenters. The van der Waals surface area contributed by atoms with Gasteiger partial charge >= 0.3 is 7.12 Å². The summed E-state index contributed by atoms with van der Waals surface area (Å²) >= 11 is 0. The second kappa shape index (κ2) is 6.58. The molecular formula is C16H23BO4. The molecule has 2 aromatic rings. The lowest BCUT2D eigenvalue weighted by Crippen LogP contribution is -2.44. The zero-order chi connectivity index (χ0) is 16.3. The third-order valence-corrected chi connectivity index (χ3v) is 3.57. The van der Waals surface area contributed by atoms with E-state index in [4.69, 9.17) is 20.3 Å². The van der Waals surface area contributed by atoms with Crippen LogP contribution in [0, 0.1) is 0 Å². The van der Waals surface area contributed by atoms with Gasteiger partial charge in [0.05, 0.1) is 11.2 Å². The Morgan fingerprint density at radius 3 is 1.67 bits per heavy atom. The molecule has 0 saturated heterocycles. The minimum absolute atomic E-state index is 0.527. The first-order valence-corrected chi connectivity index (χ1v) is 6.82. The third-order valence-electron chi connectivity index (χ3n) is 3.57. The standard InChI is InChI=1S/C10H9BO2.C6H14O2/c12-11(13)10-6-5-8-3-1-2-4-9(8)7-10;1-5(2,7)6(3,4)8/h1-7,12-13H;7-8H,1-4H3. The molecule has 4 N–H and O–H groups in total. The number of fused-ring (bicyclic) bond motifs is 1. The Kier molecular flexibility index (Phi) is 5.53. The molecule has 5 heteroatoms. The monoisotopic (exact) mass is 290 g/mol. The summed E-state index contributed by atoms with van der Waals surface area (Å²) in [6.07, 6.45) is 0. The highest BCUT2D eigenvalue weighted by molar-refractivity contribution is 6.58. The summed E-state index contributed by atoms with van der Waals surface area (Å²) in [6.45, 7) is 6.31. The van der Waals surface area contributed by atoms with Crippen molar-refractivity contribution in [2.75, 3.05) is 0 Å². The quantitative estimate of drug-likeness (QED) is 0.623. The number of aliphatic hydroxyl groups is 2. The van der Waals surface area contributed by atoms with Crippen molar-refractivity contribution in [3.63, 3.8) is 0 Å². The van der Waals surface area contributed by atoms with Crippen LogP contribution in [-0.4, -0.2) is 38.6 Å². The summed E-state index contributed by atoms with van der Waals surface area (Å²) < 4.78 is 0. The maximum absolute atomic E-state index is 9.10. The third kappa shape index (κ3) is 5.14. The van der Waals surface area contributed by atoms with Gasteiger partial charge in [-0.2, -0.15) is 0 Å². The number of hydrogen-bond acceptors (Lipinski definition) is 4. The molecule has 0 aliphatic rings. The van der Waals surface area contributed by atoms with E-state index in [9.17, 15) is 0 Å². The van der Waals surface area contributed by atoms with E-state index in [1.165, 1.54) is 0 Å². The molecule has 0 amide bonds. The molecule has 0 saturated carbocycles. The average molecular weight is 290 g/mol. The molecule has 0 atom stereocenters. The highest BCUT2D eigenvalue weighted by Crippen LogP contribution is 2.19. The van der Waals surface area contributed by atoms with Crippen LogP contribution in [0.3, 0.4) is 0 Å². The Hall–Kier alpha value is -1.40. The van der Waals surface area contributed by atoms with E-state index in [0.29, 0.717) is 5.46 Å². The lowest BCUT2D eigenvalue weighted by Gasteiger charge is -2.31. The fourth-order valence-electron chi connectivity index (χ4n) is 1.37. The van der Waals surface area contributed by atoms with E-state index in [-0.39, 0.29) is 0 Å². The first-order chi connectivity index (χ1) is 9.52. The van der Waals surface area contributed by atoms with Crippen LogP contribution in [0.2, 0.25) is 0 Å². The zero-order valence-electron chi connectivity index (χ0n) is 12.9. The number of benzene rings is 2. The van der Waals surface area contributed by atoms with Gasteiger partial charge in [-0.1, -0.05) is 42.5 Å². The minimum atomic E-state index is -1.38. The van der Waals surface area contributed by atoms with E-state index in [0.717, 1.165) is 10.8 Å². The molecule has 4 nitrogen and oxygen atoms in total. The lowest BCUT2D eigenvalue weighted by molar-refractivity contribution is -0.107. The summed E-state index contributed by atoms with van der Waals surface area (Å²) in [6, 6.07) is 13.2. The fraction of sp³-hybridized carbons (Fsp3) is 0.375. The summed E-state index contributed by atoms with van der Waals surface area (Å²) in [5, 5.41) is 38.2. The second-order valence-electron chi connectivity index (χ2n) is 6.10. The topological polar surface area (TPSA) is 80.9 Å². The Bertz CT molecular complexity index is 571. The molecule has 0 aliphatic heterocycles. The van der Waals surface area contributed by atoms with E-state index in [1.807, 2.05) is 30.3 Å². The van der Waals surface area contributed by atoms with Crippen molar-refractivity contribution in [1.82, 2.24) is 0 Å². The number of hydrogen-bond donors (Lipinski definition) is 4. The van der Waals surface area contributed by atoms with E-state index >= 15 is 0 Å². The van der Waals surface area contributed by atoms with Crippen LogP contribution in [0.25, 0.3) is 10.8 Å². The molecule has 0 bridgehead atoms. The van der Waals surface area contributed by atoms with Gasteiger partial charge in [0, 0.05) is 0 Å². The van der Waals surface area contributed by atoms with Crippen LogP contribution in [0.4, 0.5) is 0 Å². The summed E-state index contributed by atoms with van der Waals surface area (Å²) in [5.41, 5.74) is -1.49. The van der Waals surface area contributed by atoms with Gasteiger partial charge in [-0.3, -0.25) is 0 Å². The Morgan fingerprint density at radius 1 is 0.762 bits per heavy atom. The Morgan fingerprint density at radius 2 is 1.24 bits per heavy atom. The van der Waals surface area contributed by atoms with Crippen molar-refractivity contribution >= 4 is 23.4 Å². The second-order valence-corrected chi connectivity index (χ2v) is 6.10. The van der Waals surface area contributed by atoms with Crippen molar-refractivity contribution in [2.24, 2.45) is 0 Å². The molecule has 0 fully saturated rings. The molecule has 21 heavy (non-hydrogen) atoms. The van der Waals surface area contributed by atoms with E-state index in [1.54, 1.807) is 39.8 Å². The van der Waals surface area contributed by atoms with Gasteiger partial charge in [0.1, 0.15) is 0 Å². The van der Waals surface area contributed by atoms with E-state index < -0.39 is 18.3 Å². The van der Waals surface area contributed by atoms with Gasteiger partial charge in [0.2, 0.25) is 0 Å². The molecule has 0 radical (unpaired) electrons. The lowest BCUT2D eigenvalue weighted by atomic mass is 9.79. The smallest absolute Gasteiger partial charge is 0.423 e. The normalized spacial score (nSPS) is 11.8. The summed E-state index contributed by atoms with van der Waals surface area (Å²) in [7, 11) is -1.38. The SMILES string of the molecule is CC(C)(O)C(C)(C)O.OB(O)c1ccc2ccccc2c1. The highest BCUT2D eigenvalue weighted by Gasteiger charge is 2.31. The van der Waals surface area contributed by atoms with Crippen molar-refractivity contribution in [2.45, 2.75) is 38.9 Å². The first-order valence-electron chi connectivity index (χ1n) is 6.82. The van der Waals surface area contributed by atoms with Gasteiger partial charge in [0.25, 0.3) is 0 Å². The fourth-order valence-corrected chi connectivity index (χ4v) is 1.37. The van der Waals surface area contributed by atoms with Gasteiger partial charge < -0.3 is 20.3 Å². The van der Waals surface area contributed by atoms with Crippen LogP contribution >= 0.6 is 0 Å².